The molecule has 5 heteroatoms. The van der Waals surface area contributed by atoms with E-state index in [0.29, 0.717) is 19.8 Å². The number of rotatable bonds is 7. The summed E-state index contributed by atoms with van der Waals surface area (Å²) < 4.78 is 11.3. The third kappa shape index (κ3) is 6.08. The van der Waals surface area contributed by atoms with Crippen molar-refractivity contribution in [2.75, 3.05) is 19.7 Å². The monoisotopic (exact) mass is 368 g/mol. The molecule has 2 unspecified atom stereocenters. The number of morpholine rings is 1. The summed E-state index contributed by atoms with van der Waals surface area (Å²) in [6.07, 6.45) is 0.378. The molecule has 1 saturated heterocycles. The number of hydrogen-bond donors (Lipinski definition) is 2. The molecule has 1 amide bonds. The van der Waals surface area contributed by atoms with Gasteiger partial charge in [-0.1, -0.05) is 42.0 Å². The highest BCUT2D eigenvalue weighted by molar-refractivity contribution is 5.81. The van der Waals surface area contributed by atoms with Crippen molar-refractivity contribution in [3.63, 3.8) is 0 Å². The highest BCUT2D eigenvalue weighted by Gasteiger charge is 2.22. The van der Waals surface area contributed by atoms with Crippen LogP contribution >= 0.6 is 0 Å². The molecule has 0 radical (unpaired) electrons. The third-order valence-electron chi connectivity index (χ3n) is 4.60. The minimum Gasteiger partial charge on any atom is -0.489 e. The van der Waals surface area contributed by atoms with Crippen molar-refractivity contribution < 1.29 is 14.3 Å². The van der Waals surface area contributed by atoms with E-state index in [1.54, 1.807) is 0 Å². The van der Waals surface area contributed by atoms with E-state index < -0.39 is 6.10 Å². The van der Waals surface area contributed by atoms with Gasteiger partial charge in [0, 0.05) is 19.1 Å². The average molecular weight is 368 g/mol. The maximum Gasteiger partial charge on any atom is 0.250 e. The van der Waals surface area contributed by atoms with E-state index in [0.717, 1.165) is 29.8 Å². The SMILES string of the molecule is Cc1ccc(COc2ccc(CC(C)NC(=O)C3CNCCO3)cc2)cc1. The fourth-order valence-corrected chi connectivity index (χ4v) is 3.05. The molecular formula is C22H28N2O3. The Morgan fingerprint density at radius 1 is 1.19 bits per heavy atom. The highest BCUT2D eigenvalue weighted by atomic mass is 16.5. The number of amides is 1. The summed E-state index contributed by atoms with van der Waals surface area (Å²) in [5.41, 5.74) is 3.56. The summed E-state index contributed by atoms with van der Waals surface area (Å²) >= 11 is 0. The second kappa shape index (κ2) is 9.53. The molecule has 5 nitrogen and oxygen atoms in total. The fraction of sp³-hybridized carbons (Fsp3) is 0.409. The Hall–Kier alpha value is -2.37. The smallest absolute Gasteiger partial charge is 0.250 e. The molecule has 2 aromatic carbocycles. The van der Waals surface area contributed by atoms with Crippen molar-refractivity contribution >= 4 is 5.91 Å². The lowest BCUT2D eigenvalue weighted by Gasteiger charge is -2.24. The number of hydrogen-bond acceptors (Lipinski definition) is 4. The second-order valence-corrected chi connectivity index (χ2v) is 7.10. The average Bonchev–Trinajstić information content (AvgIpc) is 2.69. The largest absolute Gasteiger partial charge is 0.489 e. The molecule has 1 aliphatic heterocycles. The lowest BCUT2D eigenvalue weighted by molar-refractivity contribution is -0.134. The first-order chi connectivity index (χ1) is 13.1. The predicted octanol–water partition coefficient (Wildman–Crippen LogP) is 2.61. The Labute approximate surface area is 161 Å². The van der Waals surface area contributed by atoms with Gasteiger partial charge in [-0.15, -0.1) is 0 Å². The molecule has 0 saturated carbocycles. The summed E-state index contributed by atoms with van der Waals surface area (Å²) in [6, 6.07) is 16.4. The standard InChI is InChI=1S/C22H28N2O3/c1-16-3-5-19(6-4-16)15-27-20-9-7-18(8-10-20)13-17(2)24-22(25)21-14-23-11-12-26-21/h3-10,17,21,23H,11-15H2,1-2H3,(H,24,25). The van der Waals surface area contributed by atoms with Crippen LogP contribution in [0.25, 0.3) is 0 Å². The van der Waals surface area contributed by atoms with Gasteiger partial charge in [-0.25, -0.2) is 0 Å². The molecule has 0 aliphatic carbocycles. The third-order valence-corrected chi connectivity index (χ3v) is 4.60. The van der Waals surface area contributed by atoms with Crippen LogP contribution in [0.1, 0.15) is 23.6 Å². The van der Waals surface area contributed by atoms with Crippen molar-refractivity contribution in [3.05, 3.63) is 65.2 Å². The van der Waals surface area contributed by atoms with Gasteiger partial charge in [0.15, 0.2) is 0 Å². The predicted molar refractivity (Wildman–Crippen MR) is 106 cm³/mol. The van der Waals surface area contributed by atoms with Crippen LogP contribution in [0, 0.1) is 6.92 Å². The molecule has 0 spiro atoms. The molecule has 2 aromatic rings. The number of nitrogens with one attached hydrogen (secondary N) is 2. The van der Waals surface area contributed by atoms with Crippen LogP contribution in [-0.2, 0) is 22.6 Å². The zero-order valence-corrected chi connectivity index (χ0v) is 16.0. The van der Waals surface area contributed by atoms with Gasteiger partial charge in [-0.3, -0.25) is 4.79 Å². The van der Waals surface area contributed by atoms with Crippen LogP contribution in [0.4, 0.5) is 0 Å². The number of carbonyl (C=O) groups is 1. The summed E-state index contributed by atoms with van der Waals surface area (Å²) in [4.78, 5) is 12.2. The molecule has 27 heavy (non-hydrogen) atoms. The Balaban J connectivity index is 1.45. The zero-order valence-electron chi connectivity index (χ0n) is 16.0. The van der Waals surface area contributed by atoms with Crippen LogP contribution in [0.2, 0.25) is 0 Å². The first-order valence-electron chi connectivity index (χ1n) is 9.50. The van der Waals surface area contributed by atoms with Gasteiger partial charge in [0.1, 0.15) is 18.5 Å². The minimum absolute atomic E-state index is 0.0438. The van der Waals surface area contributed by atoms with Crippen molar-refractivity contribution in [1.29, 1.82) is 0 Å². The number of aryl methyl sites for hydroxylation is 1. The van der Waals surface area contributed by atoms with Crippen LogP contribution in [0.5, 0.6) is 5.75 Å². The van der Waals surface area contributed by atoms with E-state index in [1.807, 2.05) is 31.2 Å². The van der Waals surface area contributed by atoms with E-state index >= 15 is 0 Å². The molecule has 2 N–H and O–H groups in total. The lowest BCUT2D eigenvalue weighted by Crippen LogP contribution is -2.50. The summed E-state index contributed by atoms with van der Waals surface area (Å²) in [5, 5.41) is 6.20. The normalized spacial score (nSPS) is 17.9. The molecule has 1 aliphatic rings. The molecule has 144 valence electrons. The first-order valence-corrected chi connectivity index (χ1v) is 9.50. The molecule has 1 heterocycles. The summed E-state index contributed by atoms with van der Waals surface area (Å²) in [6.45, 7) is 6.60. The molecule has 0 bridgehead atoms. The Morgan fingerprint density at radius 2 is 1.89 bits per heavy atom. The first kappa shape index (κ1) is 19.4. The van der Waals surface area contributed by atoms with Crippen LogP contribution in [0.3, 0.4) is 0 Å². The summed E-state index contributed by atoms with van der Waals surface area (Å²) in [5.74, 6) is 0.797. The van der Waals surface area contributed by atoms with Gasteiger partial charge in [0.25, 0.3) is 5.91 Å². The molecule has 3 rings (SSSR count). The van der Waals surface area contributed by atoms with Gasteiger partial charge in [-0.05, 0) is 43.5 Å². The Bertz CT molecular complexity index is 722. The van der Waals surface area contributed by atoms with E-state index in [9.17, 15) is 4.79 Å². The number of benzene rings is 2. The number of ether oxygens (including phenoxy) is 2. The topological polar surface area (TPSA) is 59.6 Å². The second-order valence-electron chi connectivity index (χ2n) is 7.10. The maximum atomic E-state index is 12.2. The number of carbonyl (C=O) groups excluding carboxylic acids is 1. The van der Waals surface area contributed by atoms with Crippen LogP contribution < -0.4 is 15.4 Å². The fourth-order valence-electron chi connectivity index (χ4n) is 3.05. The lowest BCUT2D eigenvalue weighted by atomic mass is 10.1. The Kier molecular flexibility index (Phi) is 6.85. The van der Waals surface area contributed by atoms with E-state index in [4.69, 9.17) is 9.47 Å². The molecule has 0 aromatic heterocycles. The van der Waals surface area contributed by atoms with Gasteiger partial charge in [0.05, 0.1) is 6.61 Å². The quantitative estimate of drug-likeness (QED) is 0.789. The van der Waals surface area contributed by atoms with E-state index in [2.05, 4.69) is 41.8 Å². The van der Waals surface area contributed by atoms with Crippen LogP contribution in [-0.4, -0.2) is 37.7 Å². The summed E-state index contributed by atoms with van der Waals surface area (Å²) in [7, 11) is 0. The van der Waals surface area contributed by atoms with Crippen molar-refractivity contribution in [1.82, 2.24) is 10.6 Å². The van der Waals surface area contributed by atoms with E-state index in [-0.39, 0.29) is 11.9 Å². The van der Waals surface area contributed by atoms with E-state index in [1.165, 1.54) is 5.56 Å². The van der Waals surface area contributed by atoms with Crippen molar-refractivity contribution in [3.8, 4) is 5.75 Å². The van der Waals surface area contributed by atoms with Gasteiger partial charge < -0.3 is 20.1 Å². The highest BCUT2D eigenvalue weighted by Crippen LogP contribution is 2.16. The van der Waals surface area contributed by atoms with Gasteiger partial charge in [-0.2, -0.15) is 0 Å². The molecule has 1 fully saturated rings. The minimum atomic E-state index is -0.390. The van der Waals surface area contributed by atoms with Gasteiger partial charge in [0.2, 0.25) is 0 Å². The molecule has 2 atom stereocenters. The van der Waals surface area contributed by atoms with Crippen LogP contribution in [0.15, 0.2) is 48.5 Å². The molecular weight excluding hydrogens is 340 g/mol. The Morgan fingerprint density at radius 3 is 2.56 bits per heavy atom. The maximum absolute atomic E-state index is 12.2. The zero-order chi connectivity index (χ0) is 19.1. The van der Waals surface area contributed by atoms with Gasteiger partial charge >= 0.3 is 0 Å². The van der Waals surface area contributed by atoms with Crippen molar-refractivity contribution in [2.45, 2.75) is 39.0 Å². The van der Waals surface area contributed by atoms with Crippen molar-refractivity contribution in [2.24, 2.45) is 0 Å².